The van der Waals surface area contributed by atoms with Gasteiger partial charge in [-0.15, -0.1) is 12.4 Å². The number of aldehydes is 1. The van der Waals surface area contributed by atoms with Gasteiger partial charge in [0.15, 0.2) is 0 Å². The van der Waals surface area contributed by atoms with E-state index in [4.69, 9.17) is 18.9 Å². The zero-order valence-corrected chi connectivity index (χ0v) is 42.9. The molecular weight excluding hydrogens is 872 g/mol. The van der Waals surface area contributed by atoms with Crippen LogP contribution in [0.25, 0.3) is 21.5 Å². The predicted molar refractivity (Wildman–Crippen MR) is 275 cm³/mol. The molecule has 0 amide bonds. The number of benzene rings is 4. The lowest BCUT2D eigenvalue weighted by atomic mass is 9.72. The van der Waals surface area contributed by atoms with Gasteiger partial charge in [0.2, 0.25) is 0 Å². The Balaban J connectivity index is 0.000000169. The van der Waals surface area contributed by atoms with Gasteiger partial charge in [0.25, 0.3) is 0 Å². The van der Waals surface area contributed by atoms with Crippen molar-refractivity contribution in [1.82, 2.24) is 10.2 Å². The quantitative estimate of drug-likeness (QED) is 0.116. The number of nitrogens with zero attached hydrogens (tertiary/aromatic N) is 1. The molecule has 0 radical (unpaired) electrons. The van der Waals surface area contributed by atoms with E-state index in [1.54, 1.807) is 0 Å². The third kappa shape index (κ3) is 12.8. The van der Waals surface area contributed by atoms with Crippen molar-refractivity contribution in [3.05, 3.63) is 83.9 Å². The van der Waals surface area contributed by atoms with Gasteiger partial charge < -0.3 is 24.3 Å². The van der Waals surface area contributed by atoms with E-state index in [1.807, 2.05) is 44.2 Å². The first-order valence-electron chi connectivity index (χ1n) is 25.7. The van der Waals surface area contributed by atoms with E-state index in [9.17, 15) is 14.4 Å². The molecule has 2 saturated heterocycles. The molecule has 4 aliphatic carbocycles. The number of carbonyl (C=O) groups is 3. The van der Waals surface area contributed by atoms with E-state index in [0.29, 0.717) is 65.5 Å². The first-order chi connectivity index (χ1) is 32.1. The van der Waals surface area contributed by atoms with Crippen LogP contribution in [0.3, 0.4) is 0 Å². The number of piperidine rings is 2. The molecule has 6 fully saturated rings. The average Bonchev–Trinajstić information content (AvgIpc) is 4.03. The fourth-order valence-corrected chi connectivity index (χ4v) is 11.9. The zero-order chi connectivity index (χ0) is 47.5. The van der Waals surface area contributed by atoms with Crippen LogP contribution in [0.5, 0.6) is 11.5 Å². The van der Waals surface area contributed by atoms with Gasteiger partial charge in [0.05, 0.1) is 37.3 Å². The molecule has 4 atom stereocenters. The lowest BCUT2D eigenvalue weighted by molar-refractivity contribution is -0.146. The Labute approximate surface area is 412 Å². The molecule has 0 aromatic heterocycles. The molecule has 4 saturated carbocycles. The number of hydrogen-bond donors (Lipinski definition) is 1. The second-order valence-electron chi connectivity index (χ2n) is 22.7. The molecule has 2 heterocycles. The van der Waals surface area contributed by atoms with Crippen LogP contribution in [0, 0.1) is 58.2 Å². The molecule has 1 N–H and O–H groups in total. The molecule has 68 heavy (non-hydrogen) atoms. The minimum atomic E-state index is 0. The van der Waals surface area contributed by atoms with Crippen molar-refractivity contribution in [1.29, 1.82) is 0 Å². The Morgan fingerprint density at radius 2 is 1.01 bits per heavy atom. The SMILES string of the molecule is CC(C)(C)C1CCC(Oc2ccc3cc(C=O)ccc3c2)CC1.CCOC(=O)C1C2CN(Cc3ccc4cc(OC5CCC(C(C)(C)C)CC5)ccc4c3)CC21.CCOC(=O)C1C2CNCC21.Cl. The number of rotatable bonds is 11. The molecule has 4 aromatic carbocycles. The van der Waals surface area contributed by atoms with Gasteiger partial charge >= 0.3 is 11.9 Å². The van der Waals surface area contributed by atoms with Crippen LogP contribution in [-0.2, 0) is 25.6 Å². The van der Waals surface area contributed by atoms with E-state index >= 15 is 0 Å². The largest absolute Gasteiger partial charge is 0.490 e. The highest BCUT2D eigenvalue weighted by Crippen LogP contribution is 2.53. The Bertz CT molecular complexity index is 2320. The zero-order valence-electron chi connectivity index (χ0n) is 42.1. The first kappa shape index (κ1) is 51.7. The fraction of sp³-hybridized carbons (Fsp3) is 0.603. The third-order valence-electron chi connectivity index (χ3n) is 16.1. The van der Waals surface area contributed by atoms with E-state index in [-0.39, 0.29) is 36.2 Å². The molecule has 0 bridgehead atoms. The summed E-state index contributed by atoms with van der Waals surface area (Å²) < 4.78 is 22.7. The highest BCUT2D eigenvalue weighted by molar-refractivity contribution is 5.90. The van der Waals surface area contributed by atoms with Crippen LogP contribution in [0.4, 0.5) is 0 Å². The predicted octanol–water partition coefficient (Wildman–Crippen LogP) is 12.1. The number of hydrogen-bond acceptors (Lipinski definition) is 9. The van der Waals surface area contributed by atoms with Crippen molar-refractivity contribution in [3.8, 4) is 11.5 Å². The monoisotopic (exact) mass is 951 g/mol. The van der Waals surface area contributed by atoms with Crippen LogP contribution < -0.4 is 14.8 Å². The topological polar surface area (TPSA) is 103 Å². The average molecular weight is 952 g/mol. The number of likely N-dealkylation sites (tertiary alicyclic amines) is 1. The van der Waals surface area contributed by atoms with Crippen LogP contribution >= 0.6 is 12.4 Å². The lowest BCUT2D eigenvalue weighted by Gasteiger charge is -2.37. The summed E-state index contributed by atoms with van der Waals surface area (Å²) in [6, 6.07) is 25.2. The number of halogens is 1. The van der Waals surface area contributed by atoms with Crippen molar-refractivity contribution in [2.24, 2.45) is 58.2 Å². The number of fused-ring (bicyclic) bond motifs is 4. The molecule has 10 rings (SSSR count). The van der Waals surface area contributed by atoms with Crippen molar-refractivity contribution >= 4 is 52.2 Å². The number of carbonyl (C=O) groups excluding carboxylic acids is 3. The summed E-state index contributed by atoms with van der Waals surface area (Å²) in [4.78, 5) is 36.5. The van der Waals surface area contributed by atoms with Gasteiger partial charge in [-0.3, -0.25) is 19.3 Å². The van der Waals surface area contributed by atoms with Gasteiger partial charge in [-0.25, -0.2) is 0 Å². The van der Waals surface area contributed by atoms with Crippen LogP contribution in [0.1, 0.15) is 123 Å². The molecule has 6 aliphatic rings. The summed E-state index contributed by atoms with van der Waals surface area (Å²) in [7, 11) is 0. The summed E-state index contributed by atoms with van der Waals surface area (Å²) in [5.41, 5.74) is 2.87. The minimum Gasteiger partial charge on any atom is -0.490 e. The van der Waals surface area contributed by atoms with Crippen molar-refractivity contribution in [3.63, 3.8) is 0 Å². The molecule has 10 heteroatoms. The Morgan fingerprint density at radius 1 is 0.588 bits per heavy atom. The van der Waals surface area contributed by atoms with Crippen LogP contribution in [0.2, 0.25) is 0 Å². The molecule has 9 nitrogen and oxygen atoms in total. The van der Waals surface area contributed by atoms with Crippen molar-refractivity contribution < 1.29 is 33.3 Å². The van der Waals surface area contributed by atoms with Crippen molar-refractivity contribution in [2.75, 3.05) is 39.4 Å². The Morgan fingerprint density at radius 3 is 1.47 bits per heavy atom. The smallest absolute Gasteiger partial charge is 0.309 e. The molecular formula is C58H79ClN2O7. The van der Waals surface area contributed by atoms with E-state index in [1.165, 1.54) is 42.0 Å². The highest BCUT2D eigenvalue weighted by Gasteiger charge is 2.60. The highest BCUT2D eigenvalue weighted by atomic mass is 35.5. The van der Waals surface area contributed by atoms with Gasteiger partial charge in [-0.1, -0.05) is 77.9 Å². The first-order valence-corrected chi connectivity index (χ1v) is 25.7. The van der Waals surface area contributed by atoms with E-state index in [0.717, 1.165) is 98.8 Å². The third-order valence-corrected chi connectivity index (χ3v) is 16.1. The summed E-state index contributed by atoms with van der Waals surface area (Å²) in [5, 5.41) is 7.96. The molecule has 2 aliphatic heterocycles. The van der Waals surface area contributed by atoms with Crippen LogP contribution in [0.15, 0.2) is 72.8 Å². The van der Waals surface area contributed by atoms with Gasteiger partial charge in [0, 0.05) is 25.2 Å². The van der Waals surface area contributed by atoms with Gasteiger partial charge in [-0.05, 0) is 188 Å². The van der Waals surface area contributed by atoms with Crippen molar-refractivity contribution in [2.45, 2.75) is 126 Å². The molecule has 4 aromatic rings. The van der Waals surface area contributed by atoms with Crippen LogP contribution in [-0.4, -0.2) is 74.7 Å². The van der Waals surface area contributed by atoms with Gasteiger partial charge in [-0.2, -0.15) is 0 Å². The van der Waals surface area contributed by atoms with E-state index in [2.05, 4.69) is 94.2 Å². The lowest BCUT2D eigenvalue weighted by Crippen LogP contribution is -2.30. The fourth-order valence-electron chi connectivity index (χ4n) is 11.9. The Kier molecular flexibility index (Phi) is 16.9. The summed E-state index contributed by atoms with van der Waals surface area (Å²) in [5.74, 6) is 6.16. The summed E-state index contributed by atoms with van der Waals surface area (Å²) >= 11 is 0. The normalized spacial score (nSPS) is 28.3. The second kappa shape index (κ2) is 22.3. The second-order valence-corrected chi connectivity index (χ2v) is 22.7. The standard InChI is InChI=1S/C29H39NO3.C21H26O2.C8H13NO2.ClH/c1-5-32-28(31)27-25-17-30(18-26(25)27)16-19-6-7-21-15-24(11-8-20(21)14-19)33-23-12-9-22(10-13-23)29(2,3)4;1-21(2,3)18-7-10-19(11-8-18)23-20-9-6-16-12-15(14-22)4-5-17(16)13-20;1-2-11-8(10)7-5-3-9-4-6(5)7;/h6-8,11,14-15,22-23,25-27H,5,9-10,12-13,16-18H2,1-4H3;4-6,9,12-14,18-19H,7-8,10-11H2,1-3H3;5-7,9H,2-4H2,1H3;1H. The molecule has 370 valence electrons. The maximum atomic E-state index is 12.0. The summed E-state index contributed by atoms with van der Waals surface area (Å²) in [6.07, 6.45) is 11.2. The molecule has 4 unspecified atom stereocenters. The number of esters is 2. The maximum absolute atomic E-state index is 12.0. The van der Waals surface area contributed by atoms with Gasteiger partial charge in [0.1, 0.15) is 17.8 Å². The van der Waals surface area contributed by atoms with E-state index < -0.39 is 0 Å². The molecule has 0 spiro atoms. The number of ether oxygens (including phenoxy) is 4. The number of nitrogens with one attached hydrogen (secondary N) is 1. The Hall–Kier alpha value is -4.18. The summed E-state index contributed by atoms with van der Waals surface area (Å²) in [6.45, 7) is 23.9. The maximum Gasteiger partial charge on any atom is 0.309 e. The minimum absolute atomic E-state index is 0.